The number of aromatic nitrogens is 3. The fraction of sp³-hybridized carbons (Fsp3) is 0.375. The molecule has 0 aromatic carbocycles. The number of rotatable bonds is 5. The quantitative estimate of drug-likeness (QED) is 0.584. The van der Waals surface area contributed by atoms with Gasteiger partial charge in [-0.25, -0.2) is 9.67 Å². The zero-order valence-electron chi connectivity index (χ0n) is 7.76. The van der Waals surface area contributed by atoms with E-state index < -0.39 is 0 Å². The Morgan fingerprint density at radius 3 is 3.07 bits per heavy atom. The van der Waals surface area contributed by atoms with Crippen LogP contribution in [0.4, 0.5) is 0 Å². The van der Waals surface area contributed by atoms with Crippen LogP contribution in [0, 0.1) is 0 Å². The standard InChI is InChI=1S/C8H13N5O/c9-3-1-2-4-11-8(14)5-13-7-10-6-12-13/h1-2,6-7H,3-5,9H2,(H,11,14)/b2-1+. The van der Waals surface area contributed by atoms with Crippen molar-refractivity contribution in [3.8, 4) is 0 Å². The normalized spacial score (nSPS) is 10.6. The van der Waals surface area contributed by atoms with Crippen molar-refractivity contribution in [1.29, 1.82) is 0 Å². The molecule has 0 saturated carbocycles. The number of nitrogens with zero attached hydrogens (tertiary/aromatic N) is 3. The molecule has 0 spiro atoms. The molecule has 1 aromatic heterocycles. The Morgan fingerprint density at radius 1 is 1.57 bits per heavy atom. The summed E-state index contributed by atoms with van der Waals surface area (Å²) in [6.07, 6.45) is 6.48. The molecule has 1 amide bonds. The molecule has 1 rings (SSSR count). The smallest absolute Gasteiger partial charge is 0.242 e. The molecule has 0 atom stereocenters. The molecule has 0 aliphatic heterocycles. The van der Waals surface area contributed by atoms with Crippen LogP contribution in [0.1, 0.15) is 0 Å². The van der Waals surface area contributed by atoms with Crippen molar-refractivity contribution in [3.63, 3.8) is 0 Å². The number of carbonyl (C=O) groups is 1. The number of carbonyl (C=O) groups excluding carboxylic acids is 1. The summed E-state index contributed by atoms with van der Waals surface area (Å²) in [5.41, 5.74) is 5.23. The van der Waals surface area contributed by atoms with E-state index in [4.69, 9.17) is 5.73 Å². The molecule has 0 aliphatic carbocycles. The van der Waals surface area contributed by atoms with Gasteiger partial charge in [0.2, 0.25) is 5.91 Å². The topological polar surface area (TPSA) is 85.8 Å². The van der Waals surface area contributed by atoms with Crippen LogP contribution >= 0.6 is 0 Å². The molecule has 0 bridgehead atoms. The third-order valence-electron chi connectivity index (χ3n) is 1.49. The molecule has 76 valence electrons. The molecular formula is C8H13N5O. The van der Waals surface area contributed by atoms with Gasteiger partial charge in [0.1, 0.15) is 19.2 Å². The maximum Gasteiger partial charge on any atom is 0.242 e. The summed E-state index contributed by atoms with van der Waals surface area (Å²) in [6, 6.07) is 0. The van der Waals surface area contributed by atoms with Crippen molar-refractivity contribution in [2.75, 3.05) is 13.1 Å². The first-order chi connectivity index (χ1) is 6.83. The minimum Gasteiger partial charge on any atom is -0.351 e. The molecular weight excluding hydrogens is 182 g/mol. The Bertz CT molecular complexity index is 293. The highest BCUT2D eigenvalue weighted by molar-refractivity contribution is 5.75. The van der Waals surface area contributed by atoms with Gasteiger partial charge in [0, 0.05) is 13.1 Å². The van der Waals surface area contributed by atoms with Crippen molar-refractivity contribution in [2.24, 2.45) is 5.73 Å². The number of hydrogen-bond donors (Lipinski definition) is 2. The van der Waals surface area contributed by atoms with Crippen LogP contribution in [-0.4, -0.2) is 33.8 Å². The largest absolute Gasteiger partial charge is 0.351 e. The third kappa shape index (κ3) is 3.81. The first kappa shape index (κ1) is 10.4. The van der Waals surface area contributed by atoms with E-state index in [0.29, 0.717) is 13.1 Å². The van der Waals surface area contributed by atoms with E-state index in [1.54, 1.807) is 12.2 Å². The van der Waals surface area contributed by atoms with Crippen LogP contribution in [0.5, 0.6) is 0 Å². The van der Waals surface area contributed by atoms with E-state index in [1.807, 2.05) is 0 Å². The highest BCUT2D eigenvalue weighted by Gasteiger charge is 2.00. The van der Waals surface area contributed by atoms with Gasteiger partial charge < -0.3 is 11.1 Å². The maximum absolute atomic E-state index is 11.2. The van der Waals surface area contributed by atoms with E-state index in [2.05, 4.69) is 15.4 Å². The Kier molecular flexibility index (Phi) is 4.36. The second kappa shape index (κ2) is 5.87. The van der Waals surface area contributed by atoms with Crippen LogP contribution in [-0.2, 0) is 11.3 Å². The Balaban J connectivity index is 2.20. The summed E-state index contributed by atoms with van der Waals surface area (Å²) < 4.78 is 1.46. The molecule has 0 unspecified atom stereocenters. The summed E-state index contributed by atoms with van der Waals surface area (Å²) in [7, 11) is 0. The molecule has 6 heteroatoms. The van der Waals surface area contributed by atoms with Crippen LogP contribution in [0.25, 0.3) is 0 Å². The molecule has 3 N–H and O–H groups in total. The lowest BCUT2D eigenvalue weighted by atomic mass is 10.4. The van der Waals surface area contributed by atoms with Gasteiger partial charge in [-0.05, 0) is 0 Å². The SMILES string of the molecule is NC/C=C/CNC(=O)Cn1cncn1. The third-order valence-corrected chi connectivity index (χ3v) is 1.49. The number of nitrogens with one attached hydrogen (secondary N) is 1. The highest BCUT2D eigenvalue weighted by Crippen LogP contribution is 1.80. The molecule has 0 aliphatic rings. The Labute approximate surface area is 81.8 Å². The van der Waals surface area contributed by atoms with Gasteiger partial charge in [-0.1, -0.05) is 12.2 Å². The van der Waals surface area contributed by atoms with Crippen molar-refractivity contribution in [3.05, 3.63) is 24.8 Å². The monoisotopic (exact) mass is 195 g/mol. The second-order valence-corrected chi connectivity index (χ2v) is 2.60. The van der Waals surface area contributed by atoms with E-state index in [1.165, 1.54) is 17.3 Å². The van der Waals surface area contributed by atoms with Crippen molar-refractivity contribution >= 4 is 5.91 Å². The minimum absolute atomic E-state index is 0.0998. The Hall–Kier alpha value is -1.69. The van der Waals surface area contributed by atoms with Crippen molar-refractivity contribution < 1.29 is 4.79 Å². The summed E-state index contributed by atoms with van der Waals surface area (Å²) in [5.74, 6) is -0.0998. The molecule has 0 fully saturated rings. The minimum atomic E-state index is -0.0998. The highest BCUT2D eigenvalue weighted by atomic mass is 16.2. The van der Waals surface area contributed by atoms with Gasteiger partial charge in [-0.2, -0.15) is 5.10 Å². The number of hydrogen-bond acceptors (Lipinski definition) is 4. The van der Waals surface area contributed by atoms with E-state index >= 15 is 0 Å². The van der Waals surface area contributed by atoms with Crippen LogP contribution < -0.4 is 11.1 Å². The van der Waals surface area contributed by atoms with Crippen LogP contribution in [0.15, 0.2) is 24.8 Å². The van der Waals surface area contributed by atoms with Gasteiger partial charge in [0.05, 0.1) is 0 Å². The first-order valence-corrected chi connectivity index (χ1v) is 4.27. The zero-order valence-corrected chi connectivity index (χ0v) is 7.76. The van der Waals surface area contributed by atoms with Crippen LogP contribution in [0.2, 0.25) is 0 Å². The maximum atomic E-state index is 11.2. The Morgan fingerprint density at radius 2 is 2.43 bits per heavy atom. The molecule has 0 saturated heterocycles. The summed E-state index contributed by atoms with van der Waals surface area (Å²) in [4.78, 5) is 14.9. The zero-order chi connectivity index (χ0) is 10.2. The summed E-state index contributed by atoms with van der Waals surface area (Å²) in [6.45, 7) is 1.17. The molecule has 1 heterocycles. The van der Waals surface area contributed by atoms with Crippen molar-refractivity contribution in [1.82, 2.24) is 20.1 Å². The fourth-order valence-electron chi connectivity index (χ4n) is 0.870. The van der Waals surface area contributed by atoms with E-state index in [-0.39, 0.29) is 12.5 Å². The predicted molar refractivity (Wildman–Crippen MR) is 51.2 cm³/mol. The molecule has 1 aromatic rings. The number of amides is 1. The van der Waals surface area contributed by atoms with Gasteiger partial charge in [-0.15, -0.1) is 0 Å². The molecule has 14 heavy (non-hydrogen) atoms. The van der Waals surface area contributed by atoms with Gasteiger partial charge in [0.15, 0.2) is 0 Å². The first-order valence-electron chi connectivity index (χ1n) is 4.27. The lowest BCUT2D eigenvalue weighted by Gasteiger charge is -2.01. The average Bonchev–Trinajstić information content (AvgIpc) is 2.65. The molecule has 6 nitrogen and oxygen atoms in total. The van der Waals surface area contributed by atoms with Gasteiger partial charge >= 0.3 is 0 Å². The lowest BCUT2D eigenvalue weighted by Crippen LogP contribution is -2.27. The molecule has 0 radical (unpaired) electrons. The van der Waals surface area contributed by atoms with Crippen LogP contribution in [0.3, 0.4) is 0 Å². The van der Waals surface area contributed by atoms with Gasteiger partial charge in [-0.3, -0.25) is 4.79 Å². The average molecular weight is 195 g/mol. The fourth-order valence-corrected chi connectivity index (χ4v) is 0.870. The second-order valence-electron chi connectivity index (χ2n) is 2.60. The van der Waals surface area contributed by atoms with E-state index in [9.17, 15) is 4.79 Å². The van der Waals surface area contributed by atoms with E-state index in [0.717, 1.165) is 0 Å². The summed E-state index contributed by atoms with van der Waals surface area (Å²) >= 11 is 0. The summed E-state index contributed by atoms with van der Waals surface area (Å²) in [5, 5.41) is 6.49. The number of nitrogens with two attached hydrogens (primary N) is 1. The lowest BCUT2D eigenvalue weighted by molar-refractivity contribution is -0.121. The van der Waals surface area contributed by atoms with Gasteiger partial charge in [0.25, 0.3) is 0 Å². The van der Waals surface area contributed by atoms with Crippen molar-refractivity contribution in [2.45, 2.75) is 6.54 Å². The predicted octanol–water partition coefficient (Wildman–Crippen LogP) is -1.09.